The fraction of sp³-hybridized carbons (Fsp3) is 0.429. The smallest absolute Gasteiger partial charge is 0.694 e. The van der Waals surface area contributed by atoms with Crippen molar-refractivity contribution in [2.24, 2.45) is 0 Å². The Morgan fingerprint density at radius 3 is 2.47 bits per heavy atom. The molecule has 0 radical (unpaired) electrons. The molecule has 0 aliphatic carbocycles. The average Bonchev–Trinajstić information content (AvgIpc) is 2.34. The van der Waals surface area contributed by atoms with Gasteiger partial charge in [0, 0.05) is 6.61 Å². The normalized spacial score (nSPS) is 9.18. The minimum Gasteiger partial charge on any atom is -0.694 e. The summed E-state index contributed by atoms with van der Waals surface area (Å²) >= 11 is 0. The zero-order chi connectivity index (χ0) is 11.6. The van der Waals surface area contributed by atoms with Crippen LogP contribution < -0.4 is 23.6 Å². The molecule has 1 rings (SSSR count). The van der Waals surface area contributed by atoms with Crippen LogP contribution >= 0.6 is 0 Å². The third-order valence-electron chi connectivity index (χ3n) is 2.27. The van der Waals surface area contributed by atoms with E-state index in [4.69, 9.17) is 15.9 Å². The number of hydrogen-bond donors (Lipinski definition) is 0. The molecule has 0 aliphatic rings. The standard InChI is InChI=1S/C14H17O2.Li/c1-3-4-5-6-11-16-12-13-7-9-14(15-2)10-8-13;/h7-10H,4-6,11-12H2,2H3;/q-1;+1. The summed E-state index contributed by atoms with van der Waals surface area (Å²) in [5.41, 5.74) is 1.15. The summed E-state index contributed by atoms with van der Waals surface area (Å²) < 4.78 is 10.6. The van der Waals surface area contributed by atoms with Gasteiger partial charge in [-0.25, -0.2) is 0 Å². The Morgan fingerprint density at radius 1 is 1.18 bits per heavy atom. The third kappa shape index (κ3) is 7.13. The zero-order valence-electron chi connectivity index (χ0n) is 10.7. The third-order valence-corrected chi connectivity index (χ3v) is 2.27. The second kappa shape index (κ2) is 10.3. The van der Waals surface area contributed by atoms with Crippen LogP contribution in [0.25, 0.3) is 0 Å². The summed E-state index contributed by atoms with van der Waals surface area (Å²) in [7, 11) is 1.66. The number of methoxy groups -OCH3 is 1. The quantitative estimate of drug-likeness (QED) is 0.280. The van der Waals surface area contributed by atoms with Gasteiger partial charge < -0.3 is 21.8 Å². The number of rotatable bonds is 7. The first kappa shape index (κ1) is 16.1. The molecule has 3 heteroatoms. The Hall–Kier alpha value is -0.863. The van der Waals surface area contributed by atoms with E-state index in [1.807, 2.05) is 24.3 Å². The van der Waals surface area contributed by atoms with Gasteiger partial charge in [0.15, 0.2) is 0 Å². The molecule has 0 bridgehead atoms. The molecule has 2 nitrogen and oxygen atoms in total. The van der Waals surface area contributed by atoms with Crippen LogP contribution in [0.5, 0.6) is 5.75 Å². The van der Waals surface area contributed by atoms with Crippen molar-refractivity contribution in [1.82, 2.24) is 0 Å². The van der Waals surface area contributed by atoms with Gasteiger partial charge in [0.2, 0.25) is 0 Å². The maximum absolute atomic E-state index is 6.75. The Balaban J connectivity index is 0.00000256. The molecule has 1 aromatic carbocycles. The number of unbranched alkanes of at least 4 members (excludes halogenated alkanes) is 2. The van der Waals surface area contributed by atoms with Gasteiger partial charge >= 0.3 is 18.9 Å². The van der Waals surface area contributed by atoms with Crippen LogP contribution in [-0.2, 0) is 11.3 Å². The number of ether oxygens (including phenoxy) is 2. The molecular weight excluding hydrogens is 207 g/mol. The van der Waals surface area contributed by atoms with Crippen molar-refractivity contribution >= 4 is 0 Å². The van der Waals surface area contributed by atoms with E-state index in [1.165, 1.54) is 0 Å². The van der Waals surface area contributed by atoms with Crippen molar-refractivity contribution < 1.29 is 28.3 Å². The molecule has 0 saturated heterocycles. The first-order chi connectivity index (χ1) is 7.86. The average molecular weight is 224 g/mol. The molecule has 17 heavy (non-hydrogen) atoms. The summed E-state index contributed by atoms with van der Waals surface area (Å²) in [6.45, 7) is 1.38. The van der Waals surface area contributed by atoms with Crippen LogP contribution in [0.1, 0.15) is 24.8 Å². The minimum absolute atomic E-state index is 0. The molecule has 86 valence electrons. The summed E-state index contributed by atoms with van der Waals surface area (Å²) in [6.07, 6.45) is 9.45. The molecule has 0 spiro atoms. The molecule has 0 aliphatic heterocycles. The molecule has 1 aromatic rings. The molecule has 0 aromatic heterocycles. The number of hydrogen-bond acceptors (Lipinski definition) is 2. The molecular formula is C14H17LiO2. The molecule has 0 saturated carbocycles. The number of benzene rings is 1. The van der Waals surface area contributed by atoms with E-state index in [2.05, 4.69) is 5.92 Å². The van der Waals surface area contributed by atoms with Crippen molar-refractivity contribution in [1.29, 1.82) is 0 Å². The maximum atomic E-state index is 6.75. The van der Waals surface area contributed by atoms with E-state index in [0.717, 1.165) is 37.2 Å². The summed E-state index contributed by atoms with van der Waals surface area (Å²) in [6, 6.07) is 7.87. The molecule has 0 atom stereocenters. The van der Waals surface area contributed by atoms with Crippen molar-refractivity contribution in [3.63, 3.8) is 0 Å². The molecule has 0 heterocycles. The fourth-order valence-electron chi connectivity index (χ4n) is 1.33. The van der Waals surface area contributed by atoms with E-state index < -0.39 is 0 Å². The minimum atomic E-state index is 0. The topological polar surface area (TPSA) is 18.5 Å². The van der Waals surface area contributed by atoms with Gasteiger partial charge in [0.25, 0.3) is 0 Å². The largest absolute Gasteiger partial charge is 1.00 e. The first-order valence-corrected chi connectivity index (χ1v) is 5.47. The Bertz CT molecular complexity index is 327. The predicted molar refractivity (Wildman–Crippen MR) is 63.6 cm³/mol. The Labute approximate surface area is 116 Å². The zero-order valence-corrected chi connectivity index (χ0v) is 10.7. The van der Waals surface area contributed by atoms with Crippen LogP contribution in [0, 0.1) is 12.3 Å². The van der Waals surface area contributed by atoms with Gasteiger partial charge in [-0.2, -0.15) is 0 Å². The van der Waals surface area contributed by atoms with Crippen LogP contribution in [-0.4, -0.2) is 13.7 Å². The second-order valence-electron chi connectivity index (χ2n) is 3.53. The molecule has 0 amide bonds. The summed E-state index contributed by atoms with van der Waals surface area (Å²) in [4.78, 5) is 0. The van der Waals surface area contributed by atoms with E-state index in [1.54, 1.807) is 7.11 Å². The van der Waals surface area contributed by atoms with Gasteiger partial charge in [-0.15, -0.1) is 0 Å². The van der Waals surface area contributed by atoms with Gasteiger partial charge in [0.05, 0.1) is 13.7 Å². The first-order valence-electron chi connectivity index (χ1n) is 5.47. The Morgan fingerprint density at radius 2 is 1.88 bits per heavy atom. The van der Waals surface area contributed by atoms with Gasteiger partial charge in [0.1, 0.15) is 5.75 Å². The molecule has 0 fully saturated rings. The van der Waals surface area contributed by atoms with E-state index in [-0.39, 0.29) is 18.9 Å². The fourth-order valence-corrected chi connectivity index (χ4v) is 1.33. The van der Waals surface area contributed by atoms with Crippen LogP contribution in [0.4, 0.5) is 0 Å². The maximum Gasteiger partial charge on any atom is 1.00 e. The van der Waals surface area contributed by atoms with Crippen LogP contribution in [0.15, 0.2) is 24.3 Å². The van der Waals surface area contributed by atoms with Crippen molar-refractivity contribution in [2.45, 2.75) is 25.9 Å². The van der Waals surface area contributed by atoms with Crippen LogP contribution in [0.3, 0.4) is 0 Å². The van der Waals surface area contributed by atoms with Crippen LogP contribution in [0.2, 0.25) is 0 Å². The summed E-state index contributed by atoms with van der Waals surface area (Å²) in [5, 5.41) is 0. The van der Waals surface area contributed by atoms with Gasteiger partial charge in [-0.1, -0.05) is 12.1 Å². The SMILES string of the molecule is [C-]#CCCCCOCc1ccc(OC)cc1.[Li+]. The molecule has 0 N–H and O–H groups in total. The van der Waals surface area contributed by atoms with E-state index in [9.17, 15) is 0 Å². The van der Waals surface area contributed by atoms with Gasteiger partial charge in [-0.3, -0.25) is 0 Å². The van der Waals surface area contributed by atoms with Gasteiger partial charge in [-0.05, 0) is 37.0 Å². The monoisotopic (exact) mass is 224 g/mol. The van der Waals surface area contributed by atoms with E-state index >= 15 is 0 Å². The Kier molecular flexibility index (Phi) is 9.78. The van der Waals surface area contributed by atoms with Crippen molar-refractivity contribution in [3.05, 3.63) is 36.3 Å². The predicted octanol–water partition coefficient (Wildman–Crippen LogP) is -0.0241. The second-order valence-corrected chi connectivity index (χ2v) is 3.53. The van der Waals surface area contributed by atoms with E-state index in [0.29, 0.717) is 6.61 Å². The summed E-state index contributed by atoms with van der Waals surface area (Å²) in [5.74, 6) is 3.24. The van der Waals surface area contributed by atoms with Crippen molar-refractivity contribution in [2.75, 3.05) is 13.7 Å². The van der Waals surface area contributed by atoms with Crippen molar-refractivity contribution in [3.8, 4) is 11.7 Å². The molecule has 0 unspecified atom stereocenters.